The zero-order valence-corrected chi connectivity index (χ0v) is 14.3. The van der Waals surface area contributed by atoms with Gasteiger partial charge in [0.15, 0.2) is 0 Å². The Morgan fingerprint density at radius 3 is 2.42 bits per heavy atom. The van der Waals surface area contributed by atoms with Crippen LogP contribution >= 0.6 is 0 Å². The SMILES string of the molecule is Cc1ccc(C)c(S(=O)(=O)Nc2ccc(N3CCOC3=O)cc2)c1. The third kappa shape index (κ3) is 3.21. The molecule has 1 N–H and O–H groups in total. The van der Waals surface area contributed by atoms with Gasteiger partial charge in [-0.25, -0.2) is 13.2 Å². The van der Waals surface area contributed by atoms with Crippen molar-refractivity contribution >= 4 is 27.5 Å². The van der Waals surface area contributed by atoms with Crippen molar-refractivity contribution in [3.05, 3.63) is 53.6 Å². The maximum absolute atomic E-state index is 12.6. The molecule has 24 heavy (non-hydrogen) atoms. The summed E-state index contributed by atoms with van der Waals surface area (Å²) >= 11 is 0. The summed E-state index contributed by atoms with van der Waals surface area (Å²) in [6.07, 6.45) is -0.390. The predicted molar refractivity (Wildman–Crippen MR) is 91.9 cm³/mol. The number of carbonyl (C=O) groups excluding carboxylic acids is 1. The van der Waals surface area contributed by atoms with Crippen LogP contribution in [0.1, 0.15) is 11.1 Å². The van der Waals surface area contributed by atoms with Crippen LogP contribution in [-0.4, -0.2) is 27.7 Å². The summed E-state index contributed by atoms with van der Waals surface area (Å²) in [5.41, 5.74) is 2.67. The first kappa shape index (κ1) is 16.3. The number of anilines is 2. The molecule has 1 aliphatic heterocycles. The van der Waals surface area contributed by atoms with Gasteiger partial charge in [-0.05, 0) is 55.3 Å². The van der Waals surface area contributed by atoms with E-state index in [1.807, 2.05) is 13.0 Å². The van der Waals surface area contributed by atoms with Gasteiger partial charge in [0, 0.05) is 11.4 Å². The number of rotatable bonds is 4. The van der Waals surface area contributed by atoms with Gasteiger partial charge >= 0.3 is 6.09 Å². The second kappa shape index (κ2) is 6.16. The lowest BCUT2D eigenvalue weighted by molar-refractivity contribution is 0.181. The van der Waals surface area contributed by atoms with Crippen molar-refractivity contribution in [3.63, 3.8) is 0 Å². The topological polar surface area (TPSA) is 75.7 Å². The number of hydrogen-bond donors (Lipinski definition) is 1. The molecule has 0 unspecified atom stereocenters. The van der Waals surface area contributed by atoms with Crippen molar-refractivity contribution in [3.8, 4) is 0 Å². The molecule has 1 aliphatic rings. The lowest BCUT2D eigenvalue weighted by Crippen LogP contribution is -2.23. The van der Waals surface area contributed by atoms with E-state index in [2.05, 4.69) is 4.72 Å². The van der Waals surface area contributed by atoms with E-state index in [0.29, 0.717) is 30.1 Å². The molecule has 6 nitrogen and oxygen atoms in total. The van der Waals surface area contributed by atoms with Gasteiger partial charge in [-0.15, -0.1) is 0 Å². The van der Waals surface area contributed by atoms with Gasteiger partial charge in [0.2, 0.25) is 0 Å². The highest BCUT2D eigenvalue weighted by Gasteiger charge is 2.23. The standard InChI is InChI=1S/C17H18N2O4S/c1-12-3-4-13(2)16(11-12)24(21,22)18-14-5-7-15(8-6-14)19-9-10-23-17(19)20/h3-8,11,18H,9-10H2,1-2H3. The van der Waals surface area contributed by atoms with Gasteiger partial charge in [-0.2, -0.15) is 0 Å². The van der Waals surface area contributed by atoms with Crippen LogP contribution in [0.2, 0.25) is 0 Å². The normalized spacial score (nSPS) is 14.6. The highest BCUT2D eigenvalue weighted by molar-refractivity contribution is 7.92. The minimum absolute atomic E-state index is 0.259. The van der Waals surface area contributed by atoms with Gasteiger partial charge in [0.05, 0.1) is 11.4 Å². The Kier molecular flexibility index (Phi) is 4.19. The van der Waals surface area contributed by atoms with Crippen molar-refractivity contribution < 1.29 is 17.9 Å². The first-order valence-electron chi connectivity index (χ1n) is 7.51. The summed E-state index contributed by atoms with van der Waals surface area (Å²) in [6.45, 7) is 4.46. The molecule has 3 rings (SSSR count). The van der Waals surface area contributed by atoms with E-state index in [1.54, 1.807) is 43.3 Å². The molecule has 0 saturated carbocycles. The largest absolute Gasteiger partial charge is 0.447 e. The van der Waals surface area contributed by atoms with E-state index >= 15 is 0 Å². The number of carbonyl (C=O) groups is 1. The van der Waals surface area contributed by atoms with Crippen molar-refractivity contribution in [2.24, 2.45) is 0 Å². The fraction of sp³-hybridized carbons (Fsp3) is 0.235. The summed E-state index contributed by atoms with van der Waals surface area (Å²) < 4.78 is 32.6. The van der Waals surface area contributed by atoms with Gasteiger partial charge in [-0.3, -0.25) is 9.62 Å². The van der Waals surface area contributed by atoms with E-state index in [4.69, 9.17) is 4.74 Å². The lowest BCUT2D eigenvalue weighted by atomic mass is 10.2. The monoisotopic (exact) mass is 346 g/mol. The first-order valence-corrected chi connectivity index (χ1v) is 8.99. The minimum Gasteiger partial charge on any atom is -0.447 e. The van der Waals surface area contributed by atoms with E-state index < -0.39 is 16.1 Å². The van der Waals surface area contributed by atoms with Gasteiger partial charge < -0.3 is 4.74 Å². The predicted octanol–water partition coefficient (Wildman–Crippen LogP) is 3.06. The Hall–Kier alpha value is -2.54. The Bertz CT molecular complexity index is 876. The van der Waals surface area contributed by atoms with Crippen LogP contribution in [0, 0.1) is 13.8 Å². The van der Waals surface area contributed by atoms with Crippen LogP contribution in [0.3, 0.4) is 0 Å². The molecule has 2 aromatic rings. The molecule has 0 atom stereocenters. The lowest BCUT2D eigenvalue weighted by Gasteiger charge is -2.14. The summed E-state index contributed by atoms with van der Waals surface area (Å²) in [5, 5.41) is 0. The van der Waals surface area contributed by atoms with Crippen molar-refractivity contribution in [1.29, 1.82) is 0 Å². The number of ether oxygens (including phenoxy) is 1. The molecule has 1 fully saturated rings. The summed E-state index contributed by atoms with van der Waals surface area (Å²) in [5.74, 6) is 0. The fourth-order valence-corrected chi connectivity index (χ4v) is 3.93. The Balaban J connectivity index is 1.83. The third-order valence-electron chi connectivity index (χ3n) is 3.83. The number of nitrogens with one attached hydrogen (secondary N) is 1. The number of amides is 1. The van der Waals surface area contributed by atoms with Crippen molar-refractivity contribution in [2.75, 3.05) is 22.8 Å². The Morgan fingerprint density at radius 1 is 1.08 bits per heavy atom. The molecule has 0 radical (unpaired) electrons. The number of cyclic esters (lactones) is 1. The summed E-state index contributed by atoms with van der Waals surface area (Å²) in [7, 11) is -3.66. The average molecular weight is 346 g/mol. The first-order chi connectivity index (χ1) is 11.4. The zero-order chi connectivity index (χ0) is 17.3. The van der Waals surface area contributed by atoms with Crippen LogP contribution < -0.4 is 9.62 Å². The van der Waals surface area contributed by atoms with Crippen LogP contribution in [0.25, 0.3) is 0 Å². The Labute approximate surface area is 141 Å². The number of sulfonamides is 1. The molecule has 2 aromatic carbocycles. The molecule has 0 aliphatic carbocycles. The highest BCUT2D eigenvalue weighted by Crippen LogP contribution is 2.24. The summed E-state index contributed by atoms with van der Waals surface area (Å²) in [6, 6.07) is 11.9. The molecular formula is C17H18N2O4S. The molecule has 0 aromatic heterocycles. The van der Waals surface area contributed by atoms with Gasteiger partial charge in [-0.1, -0.05) is 12.1 Å². The van der Waals surface area contributed by atoms with E-state index in [9.17, 15) is 13.2 Å². The zero-order valence-electron chi connectivity index (χ0n) is 13.4. The molecular weight excluding hydrogens is 328 g/mol. The maximum Gasteiger partial charge on any atom is 0.414 e. The fourth-order valence-electron chi connectivity index (χ4n) is 2.54. The second-order valence-electron chi connectivity index (χ2n) is 5.69. The molecule has 1 heterocycles. The quantitative estimate of drug-likeness (QED) is 0.923. The smallest absolute Gasteiger partial charge is 0.414 e. The van der Waals surface area contributed by atoms with Crippen molar-refractivity contribution in [2.45, 2.75) is 18.7 Å². The van der Waals surface area contributed by atoms with Crippen LogP contribution in [0.4, 0.5) is 16.2 Å². The molecule has 1 amide bonds. The maximum atomic E-state index is 12.6. The number of hydrogen-bond acceptors (Lipinski definition) is 4. The van der Waals surface area contributed by atoms with E-state index in [1.165, 1.54) is 4.90 Å². The van der Waals surface area contributed by atoms with Crippen LogP contribution in [-0.2, 0) is 14.8 Å². The third-order valence-corrected chi connectivity index (χ3v) is 5.35. The number of nitrogens with zero attached hydrogens (tertiary/aromatic N) is 1. The molecule has 1 saturated heterocycles. The Morgan fingerprint density at radius 2 is 1.79 bits per heavy atom. The summed E-state index contributed by atoms with van der Waals surface area (Å²) in [4.78, 5) is 13.3. The van der Waals surface area contributed by atoms with Gasteiger partial charge in [0.25, 0.3) is 10.0 Å². The minimum atomic E-state index is -3.66. The van der Waals surface area contributed by atoms with E-state index in [0.717, 1.165) is 5.56 Å². The second-order valence-corrected chi connectivity index (χ2v) is 7.34. The van der Waals surface area contributed by atoms with Crippen molar-refractivity contribution in [1.82, 2.24) is 0 Å². The van der Waals surface area contributed by atoms with E-state index in [-0.39, 0.29) is 4.90 Å². The van der Waals surface area contributed by atoms with Crippen LogP contribution in [0.5, 0.6) is 0 Å². The molecule has 126 valence electrons. The number of aryl methyl sites for hydroxylation is 2. The number of benzene rings is 2. The average Bonchev–Trinajstić information content (AvgIpc) is 2.96. The van der Waals surface area contributed by atoms with Crippen LogP contribution in [0.15, 0.2) is 47.4 Å². The highest BCUT2D eigenvalue weighted by atomic mass is 32.2. The van der Waals surface area contributed by atoms with Gasteiger partial charge in [0.1, 0.15) is 6.61 Å². The molecule has 0 bridgehead atoms. The molecule has 0 spiro atoms. The molecule has 7 heteroatoms.